The molecule has 4 atom stereocenters. The number of fused-ring (bicyclic) bond motifs is 3. The SMILES string of the molecule is CC1=C2[C@H]3OC(=O)[C@@H](CSc4ccccc4Br)[C@@H]3CC[C@@]2(C)C=CC1=O. The van der Waals surface area contributed by atoms with Gasteiger partial charge in [-0.1, -0.05) is 25.1 Å². The van der Waals surface area contributed by atoms with Crippen LogP contribution in [0.5, 0.6) is 0 Å². The maximum Gasteiger partial charge on any atom is 0.310 e. The van der Waals surface area contributed by atoms with Gasteiger partial charge in [0.15, 0.2) is 5.78 Å². The van der Waals surface area contributed by atoms with Gasteiger partial charge in [-0.15, -0.1) is 11.8 Å². The number of benzene rings is 1. The molecule has 4 rings (SSSR count). The van der Waals surface area contributed by atoms with Crippen LogP contribution in [0.25, 0.3) is 0 Å². The average Bonchev–Trinajstić information content (AvgIpc) is 2.93. The fourth-order valence-electron chi connectivity index (χ4n) is 4.50. The fraction of sp³-hybridized carbons (Fsp3) is 0.429. The van der Waals surface area contributed by atoms with Crippen LogP contribution >= 0.6 is 27.7 Å². The summed E-state index contributed by atoms with van der Waals surface area (Å²) in [5, 5.41) is 0. The first kappa shape index (κ1) is 18.1. The van der Waals surface area contributed by atoms with Crippen LogP contribution in [0.1, 0.15) is 26.7 Å². The molecule has 2 fully saturated rings. The van der Waals surface area contributed by atoms with Crippen LogP contribution in [0.2, 0.25) is 0 Å². The summed E-state index contributed by atoms with van der Waals surface area (Å²) in [6.45, 7) is 4.03. The van der Waals surface area contributed by atoms with Crippen molar-refractivity contribution in [3.05, 3.63) is 52.0 Å². The molecular weight excluding hydrogens is 412 g/mol. The van der Waals surface area contributed by atoms with Crippen molar-refractivity contribution in [2.24, 2.45) is 17.3 Å². The van der Waals surface area contributed by atoms with Gasteiger partial charge in [-0.25, -0.2) is 0 Å². The van der Waals surface area contributed by atoms with E-state index in [1.54, 1.807) is 17.8 Å². The van der Waals surface area contributed by atoms with Gasteiger partial charge in [-0.2, -0.15) is 0 Å². The highest BCUT2D eigenvalue weighted by molar-refractivity contribution is 9.10. The Bertz CT molecular complexity index is 843. The Balaban J connectivity index is 1.58. The molecule has 3 aliphatic rings. The van der Waals surface area contributed by atoms with Gasteiger partial charge in [0.05, 0.1) is 5.92 Å². The highest BCUT2D eigenvalue weighted by Gasteiger charge is 2.54. The Labute approximate surface area is 166 Å². The molecule has 0 radical (unpaired) electrons. The monoisotopic (exact) mass is 432 g/mol. The number of carbonyl (C=O) groups excluding carboxylic acids is 2. The van der Waals surface area contributed by atoms with Crippen LogP contribution in [0, 0.1) is 17.3 Å². The maximum absolute atomic E-state index is 12.6. The molecule has 5 heteroatoms. The largest absolute Gasteiger partial charge is 0.457 e. The van der Waals surface area contributed by atoms with Gasteiger partial charge in [0.25, 0.3) is 0 Å². The van der Waals surface area contributed by atoms with Crippen molar-refractivity contribution in [2.45, 2.75) is 37.7 Å². The Hall–Kier alpha value is -1.33. The van der Waals surface area contributed by atoms with Crippen LogP contribution in [0.3, 0.4) is 0 Å². The Morgan fingerprint density at radius 1 is 1.31 bits per heavy atom. The van der Waals surface area contributed by atoms with E-state index in [0.29, 0.717) is 5.75 Å². The van der Waals surface area contributed by atoms with Crippen LogP contribution in [0.4, 0.5) is 0 Å². The molecule has 136 valence electrons. The Morgan fingerprint density at radius 3 is 2.85 bits per heavy atom. The fourth-order valence-corrected chi connectivity index (χ4v) is 6.25. The van der Waals surface area contributed by atoms with E-state index in [4.69, 9.17) is 4.74 Å². The molecule has 0 spiro atoms. The third kappa shape index (κ3) is 2.89. The topological polar surface area (TPSA) is 43.4 Å². The number of esters is 1. The van der Waals surface area contributed by atoms with E-state index >= 15 is 0 Å². The van der Waals surface area contributed by atoms with E-state index in [2.05, 4.69) is 28.9 Å². The van der Waals surface area contributed by atoms with Crippen molar-refractivity contribution >= 4 is 39.4 Å². The van der Waals surface area contributed by atoms with E-state index in [1.165, 1.54) is 0 Å². The Kier molecular flexibility index (Phi) is 4.64. The number of allylic oxidation sites excluding steroid dienone is 3. The molecule has 0 N–H and O–H groups in total. The van der Waals surface area contributed by atoms with Crippen molar-refractivity contribution < 1.29 is 14.3 Å². The zero-order chi connectivity index (χ0) is 18.5. The molecule has 1 aromatic carbocycles. The normalized spacial score (nSPS) is 33.1. The van der Waals surface area contributed by atoms with E-state index in [1.807, 2.05) is 31.2 Å². The highest BCUT2D eigenvalue weighted by Crippen LogP contribution is 2.53. The maximum atomic E-state index is 12.6. The first-order valence-electron chi connectivity index (χ1n) is 8.93. The predicted molar refractivity (Wildman–Crippen MR) is 106 cm³/mol. The number of hydrogen-bond acceptors (Lipinski definition) is 4. The van der Waals surface area contributed by atoms with E-state index in [-0.39, 0.29) is 35.1 Å². The van der Waals surface area contributed by atoms with Crippen molar-refractivity contribution in [2.75, 3.05) is 5.75 Å². The third-order valence-corrected chi connectivity index (χ3v) is 8.13. The van der Waals surface area contributed by atoms with Gasteiger partial charge in [0.1, 0.15) is 6.10 Å². The van der Waals surface area contributed by atoms with E-state index < -0.39 is 0 Å². The van der Waals surface area contributed by atoms with Gasteiger partial charge in [-0.05, 0) is 59.5 Å². The van der Waals surface area contributed by atoms with Gasteiger partial charge in [-0.3, -0.25) is 9.59 Å². The number of ketones is 1. The van der Waals surface area contributed by atoms with Crippen molar-refractivity contribution in [1.29, 1.82) is 0 Å². The van der Waals surface area contributed by atoms with Crippen molar-refractivity contribution in [3.8, 4) is 0 Å². The van der Waals surface area contributed by atoms with Crippen molar-refractivity contribution in [3.63, 3.8) is 0 Å². The second-order valence-corrected chi connectivity index (χ2v) is 9.48. The molecule has 1 saturated heterocycles. The summed E-state index contributed by atoms with van der Waals surface area (Å²) in [4.78, 5) is 26.0. The number of thioether (sulfide) groups is 1. The number of rotatable bonds is 3. The van der Waals surface area contributed by atoms with Gasteiger partial charge < -0.3 is 4.74 Å². The molecule has 0 amide bonds. The highest BCUT2D eigenvalue weighted by atomic mass is 79.9. The molecule has 1 aliphatic heterocycles. The summed E-state index contributed by atoms with van der Waals surface area (Å²) in [5.74, 6) is 0.666. The molecule has 3 nitrogen and oxygen atoms in total. The minimum Gasteiger partial charge on any atom is -0.457 e. The number of carbonyl (C=O) groups is 2. The first-order valence-corrected chi connectivity index (χ1v) is 10.7. The average molecular weight is 433 g/mol. The quantitative estimate of drug-likeness (QED) is 0.500. The molecule has 1 heterocycles. The van der Waals surface area contributed by atoms with Crippen LogP contribution in [-0.2, 0) is 14.3 Å². The lowest BCUT2D eigenvalue weighted by molar-refractivity contribution is -0.143. The zero-order valence-corrected chi connectivity index (χ0v) is 17.2. The third-order valence-electron chi connectivity index (χ3n) is 5.98. The molecule has 1 aromatic rings. The number of hydrogen-bond donors (Lipinski definition) is 0. The second-order valence-electron chi connectivity index (χ2n) is 7.56. The lowest BCUT2D eigenvalue weighted by Crippen LogP contribution is -2.40. The molecule has 0 bridgehead atoms. The minimum atomic E-state index is -0.250. The van der Waals surface area contributed by atoms with Crippen molar-refractivity contribution in [1.82, 2.24) is 0 Å². The standard InChI is InChI=1S/C21H21BrO3S/c1-12-16(23)8-10-21(2)9-7-13-14(20(24)25-19(13)18(12)21)11-26-17-6-4-3-5-15(17)22/h3-6,8,10,13-14,19H,7,9,11H2,1-2H3/t13-,14-,19-,21-/m0/s1. The molecule has 26 heavy (non-hydrogen) atoms. The van der Waals surface area contributed by atoms with E-state index in [9.17, 15) is 9.59 Å². The summed E-state index contributed by atoms with van der Waals surface area (Å²) in [6.07, 6.45) is 5.34. The zero-order valence-electron chi connectivity index (χ0n) is 14.8. The van der Waals surface area contributed by atoms with Gasteiger partial charge in [0, 0.05) is 32.0 Å². The smallest absolute Gasteiger partial charge is 0.310 e. The number of halogens is 1. The Morgan fingerprint density at radius 2 is 2.08 bits per heavy atom. The first-order chi connectivity index (χ1) is 12.4. The minimum absolute atomic E-state index is 0.0419. The predicted octanol–water partition coefficient (Wildman–Crippen LogP) is 4.95. The summed E-state index contributed by atoms with van der Waals surface area (Å²) in [5.41, 5.74) is 1.63. The lowest BCUT2D eigenvalue weighted by Gasteiger charge is -2.43. The van der Waals surface area contributed by atoms with Crippen LogP contribution < -0.4 is 0 Å². The lowest BCUT2D eigenvalue weighted by atomic mass is 9.62. The molecule has 0 aromatic heterocycles. The number of ether oxygens (including phenoxy) is 1. The summed E-state index contributed by atoms with van der Waals surface area (Å²) < 4.78 is 6.89. The molecule has 2 aliphatic carbocycles. The summed E-state index contributed by atoms with van der Waals surface area (Å²) >= 11 is 5.26. The van der Waals surface area contributed by atoms with Crippen LogP contribution in [0.15, 0.2) is 56.9 Å². The molecular formula is C21H21BrO3S. The summed E-state index contributed by atoms with van der Waals surface area (Å²) in [6, 6.07) is 8.06. The van der Waals surface area contributed by atoms with Gasteiger partial charge in [0.2, 0.25) is 0 Å². The molecule has 1 saturated carbocycles. The van der Waals surface area contributed by atoms with E-state index in [0.717, 1.165) is 33.4 Å². The van der Waals surface area contributed by atoms with Crippen LogP contribution in [-0.4, -0.2) is 23.6 Å². The summed E-state index contributed by atoms with van der Waals surface area (Å²) in [7, 11) is 0. The second kappa shape index (κ2) is 6.68. The van der Waals surface area contributed by atoms with Gasteiger partial charge >= 0.3 is 5.97 Å². The molecule has 0 unspecified atom stereocenters.